The van der Waals surface area contributed by atoms with E-state index in [1.54, 1.807) is 17.0 Å². The van der Waals surface area contributed by atoms with Crippen molar-refractivity contribution in [2.24, 2.45) is 17.8 Å². The van der Waals surface area contributed by atoms with Gasteiger partial charge in [0.15, 0.2) is 0 Å². The number of ether oxygens (including phenoxy) is 1. The summed E-state index contributed by atoms with van der Waals surface area (Å²) in [5.74, 6) is -1.22. The Morgan fingerprint density at radius 3 is 2.58 bits per heavy atom. The van der Waals surface area contributed by atoms with Crippen LogP contribution in [0.5, 0.6) is 0 Å². The molecule has 5 atom stereocenters. The van der Waals surface area contributed by atoms with Crippen LogP contribution in [0.25, 0.3) is 17.0 Å². The predicted molar refractivity (Wildman–Crippen MR) is 152 cm³/mol. The van der Waals surface area contributed by atoms with Gasteiger partial charge >= 0.3 is 6.09 Å². The van der Waals surface area contributed by atoms with Crippen LogP contribution in [0.3, 0.4) is 0 Å². The number of nitrogens with zero attached hydrogens (tertiary/aromatic N) is 3. The zero-order valence-corrected chi connectivity index (χ0v) is 23.8. The number of hydrogen-bond acceptors (Lipinski definition) is 7. The van der Waals surface area contributed by atoms with E-state index in [0.29, 0.717) is 48.7 Å². The predicted octanol–water partition coefficient (Wildman–Crippen LogP) is 4.23. The van der Waals surface area contributed by atoms with Gasteiger partial charge in [0.05, 0.1) is 23.2 Å². The van der Waals surface area contributed by atoms with Gasteiger partial charge in [-0.15, -0.1) is 0 Å². The number of halogens is 1. The highest BCUT2D eigenvalue weighted by Crippen LogP contribution is 2.26. The van der Waals surface area contributed by atoms with Crippen LogP contribution in [0.4, 0.5) is 9.18 Å². The molecular weight excluding hydrogens is 515 g/mol. The van der Waals surface area contributed by atoms with Crippen LogP contribution in [0.1, 0.15) is 45.6 Å². The lowest BCUT2D eigenvalue weighted by atomic mass is 9.86. The van der Waals surface area contributed by atoms with Crippen LogP contribution in [0, 0.1) is 23.6 Å². The van der Waals surface area contributed by atoms with Crippen molar-refractivity contribution >= 4 is 35.6 Å². The van der Waals surface area contributed by atoms with Crippen molar-refractivity contribution < 1.29 is 28.6 Å². The van der Waals surface area contributed by atoms with Gasteiger partial charge in [0, 0.05) is 38.5 Å². The van der Waals surface area contributed by atoms with Gasteiger partial charge in [0.2, 0.25) is 0 Å². The van der Waals surface area contributed by atoms with Gasteiger partial charge < -0.3 is 29.2 Å². The van der Waals surface area contributed by atoms with E-state index in [1.165, 1.54) is 12.3 Å². The lowest BCUT2D eigenvalue weighted by molar-refractivity contribution is -0.111. The molecule has 1 amide bonds. The summed E-state index contributed by atoms with van der Waals surface area (Å²) < 4.78 is 20.3. The zero-order valence-electron chi connectivity index (χ0n) is 23.8. The molecule has 0 saturated carbocycles. The molecule has 1 aliphatic rings. The SMILES string of the molecule is C/C(=C\c1cc(F)c2cn[nH]c2c1)[C@@H](C=O)[C@@H](C)/C=C/[C@H](OC(=O)N1CCN(C)CC1)[C@@H](C)CC[C@@H](O)CC=O. The summed E-state index contributed by atoms with van der Waals surface area (Å²) in [4.78, 5) is 39.7. The van der Waals surface area contributed by atoms with Gasteiger partial charge in [-0.25, -0.2) is 9.18 Å². The number of nitrogens with one attached hydrogen (secondary N) is 1. The Balaban J connectivity index is 1.74. The van der Waals surface area contributed by atoms with Crippen LogP contribution in [0.2, 0.25) is 0 Å². The normalized spacial score (nSPS) is 18.9. The number of aliphatic hydroxyl groups is 1. The first-order valence-electron chi connectivity index (χ1n) is 13.8. The largest absolute Gasteiger partial charge is 0.442 e. The van der Waals surface area contributed by atoms with E-state index in [9.17, 15) is 23.9 Å². The average Bonchev–Trinajstić information content (AvgIpc) is 3.40. The molecule has 0 radical (unpaired) electrons. The standard InChI is InChI=1S/C30H41FN4O5/c1-20(26(19-37)22(3)15-23-16-27(31)25-18-32-33-28(25)17-23)6-8-29(21(2)5-7-24(38)9-14-36)40-30(39)35-12-10-34(4)11-13-35/h6,8,14-21,24,26,29,38H,5,7,9-13H2,1-4H3,(H,32,33)/b8-6+,22-15+/t20-,21-,24+,26-,29-/m0/s1. The van der Waals surface area contributed by atoms with Crippen LogP contribution in [-0.2, 0) is 14.3 Å². The molecule has 2 heterocycles. The molecule has 3 rings (SSSR count). The number of carbonyl (C=O) groups excluding carboxylic acids is 3. The minimum absolute atomic E-state index is 0.0647. The molecule has 0 spiro atoms. The summed E-state index contributed by atoms with van der Waals surface area (Å²) >= 11 is 0. The number of rotatable bonds is 13. The number of aromatic nitrogens is 2. The van der Waals surface area contributed by atoms with E-state index >= 15 is 0 Å². The second-order valence-electron chi connectivity index (χ2n) is 10.9. The molecular formula is C30H41FN4O5. The number of benzene rings is 1. The summed E-state index contributed by atoms with van der Waals surface area (Å²) in [6, 6.07) is 3.20. The number of carbonyl (C=O) groups is 3. The van der Waals surface area contributed by atoms with E-state index in [0.717, 1.165) is 24.9 Å². The maximum absolute atomic E-state index is 14.4. The highest BCUT2D eigenvalue weighted by Gasteiger charge is 2.26. The number of piperazine rings is 1. The Bertz CT molecular complexity index is 1200. The Morgan fingerprint density at radius 2 is 1.90 bits per heavy atom. The number of allylic oxidation sites excluding steroid dienone is 2. The van der Waals surface area contributed by atoms with Gasteiger partial charge in [0.1, 0.15) is 24.5 Å². The van der Waals surface area contributed by atoms with E-state index < -0.39 is 30.0 Å². The maximum Gasteiger partial charge on any atom is 0.410 e. The van der Waals surface area contributed by atoms with E-state index in [4.69, 9.17) is 4.74 Å². The molecule has 1 aromatic carbocycles. The third-order valence-electron chi connectivity index (χ3n) is 7.65. The average molecular weight is 557 g/mol. The molecule has 40 heavy (non-hydrogen) atoms. The molecule has 0 unspecified atom stereocenters. The van der Waals surface area contributed by atoms with Crippen molar-refractivity contribution in [1.29, 1.82) is 0 Å². The molecule has 1 aliphatic heterocycles. The lowest BCUT2D eigenvalue weighted by Crippen LogP contribution is -2.48. The molecule has 0 bridgehead atoms. The first kappa shape index (κ1) is 31.2. The fraction of sp³-hybridized carbons (Fsp3) is 0.533. The van der Waals surface area contributed by atoms with Crippen LogP contribution in [0.15, 0.2) is 36.1 Å². The number of hydrogen-bond donors (Lipinski definition) is 2. The first-order valence-corrected chi connectivity index (χ1v) is 13.8. The van der Waals surface area contributed by atoms with Gasteiger partial charge in [-0.2, -0.15) is 5.10 Å². The van der Waals surface area contributed by atoms with Crippen molar-refractivity contribution in [3.63, 3.8) is 0 Å². The number of H-pyrrole nitrogens is 1. The quantitative estimate of drug-likeness (QED) is 0.280. The highest BCUT2D eigenvalue weighted by molar-refractivity contribution is 5.81. The van der Waals surface area contributed by atoms with Crippen molar-refractivity contribution in [2.75, 3.05) is 33.2 Å². The fourth-order valence-corrected chi connectivity index (χ4v) is 4.90. The molecule has 10 heteroatoms. The Labute approximate surface area is 235 Å². The number of aromatic amines is 1. The number of likely N-dealkylation sites (N-methyl/N-ethyl adjacent to an activating group) is 1. The first-order chi connectivity index (χ1) is 19.1. The molecule has 218 valence electrons. The van der Waals surface area contributed by atoms with Gasteiger partial charge in [0.25, 0.3) is 0 Å². The summed E-state index contributed by atoms with van der Waals surface area (Å²) in [7, 11) is 2.01. The van der Waals surface area contributed by atoms with Crippen molar-refractivity contribution in [2.45, 2.75) is 52.2 Å². The van der Waals surface area contributed by atoms with E-state index in [2.05, 4.69) is 15.1 Å². The summed E-state index contributed by atoms with van der Waals surface area (Å²) in [5.41, 5.74) is 1.96. The van der Waals surface area contributed by atoms with Crippen LogP contribution >= 0.6 is 0 Å². The molecule has 0 aliphatic carbocycles. The Hall–Kier alpha value is -3.37. The highest BCUT2D eigenvalue weighted by atomic mass is 19.1. The number of fused-ring (bicyclic) bond motifs is 1. The fourth-order valence-electron chi connectivity index (χ4n) is 4.90. The second-order valence-corrected chi connectivity index (χ2v) is 10.9. The second kappa shape index (κ2) is 14.9. The Morgan fingerprint density at radius 1 is 1.18 bits per heavy atom. The molecule has 1 aromatic heterocycles. The van der Waals surface area contributed by atoms with Crippen LogP contribution in [-0.4, -0.2) is 89.2 Å². The molecule has 2 N–H and O–H groups in total. The third kappa shape index (κ3) is 8.56. The van der Waals surface area contributed by atoms with Crippen LogP contribution < -0.4 is 0 Å². The van der Waals surface area contributed by atoms with Crippen molar-refractivity contribution in [1.82, 2.24) is 20.0 Å². The Kier molecular flexibility index (Phi) is 11.6. The molecule has 9 nitrogen and oxygen atoms in total. The maximum atomic E-state index is 14.4. The van der Waals surface area contributed by atoms with E-state index in [1.807, 2.05) is 40.0 Å². The number of amides is 1. The minimum Gasteiger partial charge on any atom is -0.442 e. The topological polar surface area (TPSA) is 116 Å². The summed E-state index contributed by atoms with van der Waals surface area (Å²) in [6.45, 7) is 8.37. The number of aldehydes is 2. The van der Waals surface area contributed by atoms with Gasteiger partial charge in [-0.1, -0.05) is 31.6 Å². The van der Waals surface area contributed by atoms with E-state index in [-0.39, 0.29) is 18.3 Å². The molecule has 1 saturated heterocycles. The lowest BCUT2D eigenvalue weighted by Gasteiger charge is -2.33. The van der Waals surface area contributed by atoms with Gasteiger partial charge in [-0.05, 0) is 62.4 Å². The van der Waals surface area contributed by atoms with Crippen molar-refractivity contribution in [3.8, 4) is 0 Å². The monoisotopic (exact) mass is 556 g/mol. The summed E-state index contributed by atoms with van der Waals surface area (Å²) in [5, 5.41) is 17.1. The summed E-state index contributed by atoms with van der Waals surface area (Å²) in [6.07, 6.45) is 7.78. The molecule has 2 aromatic rings. The zero-order chi connectivity index (χ0) is 29.2. The van der Waals surface area contributed by atoms with Crippen molar-refractivity contribution in [3.05, 3.63) is 47.4 Å². The smallest absolute Gasteiger partial charge is 0.410 e. The van der Waals surface area contributed by atoms with Gasteiger partial charge in [-0.3, -0.25) is 5.10 Å². The molecule has 1 fully saturated rings. The number of aliphatic hydroxyl groups excluding tert-OH is 1. The minimum atomic E-state index is -0.741. The third-order valence-corrected chi connectivity index (χ3v) is 7.65.